The van der Waals surface area contributed by atoms with Gasteiger partial charge in [-0.25, -0.2) is 0 Å². The number of carbonyl (C=O) groups is 1. The lowest BCUT2D eigenvalue weighted by molar-refractivity contribution is -0.158. The van der Waals surface area contributed by atoms with Crippen molar-refractivity contribution < 1.29 is 14.3 Å². The fourth-order valence-electron chi connectivity index (χ4n) is 1.85. The van der Waals surface area contributed by atoms with Gasteiger partial charge in [0.25, 0.3) is 0 Å². The Morgan fingerprint density at radius 1 is 1.28 bits per heavy atom. The van der Waals surface area contributed by atoms with Gasteiger partial charge in [-0.15, -0.1) is 12.4 Å². The van der Waals surface area contributed by atoms with Crippen molar-refractivity contribution in [1.82, 2.24) is 5.32 Å². The summed E-state index contributed by atoms with van der Waals surface area (Å²) in [5.41, 5.74) is -0.442. The zero-order valence-corrected chi connectivity index (χ0v) is 13.4. The second-order valence-corrected chi connectivity index (χ2v) is 5.62. The van der Waals surface area contributed by atoms with Crippen LogP contribution in [0.5, 0.6) is 0 Å². The summed E-state index contributed by atoms with van der Waals surface area (Å²) in [7, 11) is 3.51. The molecule has 0 aromatic heterocycles. The number of esters is 1. The van der Waals surface area contributed by atoms with Crippen LogP contribution in [0.3, 0.4) is 0 Å². The van der Waals surface area contributed by atoms with Gasteiger partial charge in [-0.1, -0.05) is 13.8 Å². The average molecular weight is 282 g/mol. The molecule has 110 valence electrons. The minimum Gasteiger partial charge on any atom is -0.460 e. The largest absolute Gasteiger partial charge is 0.460 e. The molecule has 0 aliphatic heterocycles. The Kier molecular flexibility index (Phi) is 9.70. The molecule has 0 heterocycles. The summed E-state index contributed by atoms with van der Waals surface area (Å²) >= 11 is 0. The second kappa shape index (κ2) is 8.73. The summed E-state index contributed by atoms with van der Waals surface area (Å²) < 4.78 is 10.7. The van der Waals surface area contributed by atoms with Crippen LogP contribution in [0, 0.1) is 5.92 Å². The quantitative estimate of drug-likeness (QED) is 0.760. The summed E-state index contributed by atoms with van der Waals surface area (Å²) in [6.07, 6.45) is 0.118. The van der Waals surface area contributed by atoms with Gasteiger partial charge in [0.15, 0.2) is 0 Å². The van der Waals surface area contributed by atoms with E-state index in [4.69, 9.17) is 9.47 Å². The molecule has 0 aliphatic rings. The highest BCUT2D eigenvalue weighted by Gasteiger charge is 2.27. The topological polar surface area (TPSA) is 47.6 Å². The Bertz CT molecular complexity index is 239. The molecule has 0 radical (unpaired) electrons. The maximum absolute atomic E-state index is 11.7. The summed E-state index contributed by atoms with van der Waals surface area (Å²) in [5.74, 6) is 0.178. The predicted octanol–water partition coefficient (Wildman–Crippen LogP) is 2.40. The first-order chi connectivity index (χ1) is 7.71. The van der Waals surface area contributed by atoms with E-state index in [0.29, 0.717) is 5.92 Å². The molecule has 1 N–H and O–H groups in total. The van der Waals surface area contributed by atoms with E-state index in [1.807, 2.05) is 27.8 Å². The fraction of sp³-hybridized carbons (Fsp3) is 0.923. The minimum atomic E-state index is -0.442. The Morgan fingerprint density at radius 3 is 2.06 bits per heavy atom. The molecular weight excluding hydrogens is 254 g/mol. The third-order valence-electron chi connectivity index (χ3n) is 2.54. The third kappa shape index (κ3) is 7.90. The van der Waals surface area contributed by atoms with E-state index in [1.54, 1.807) is 7.11 Å². The molecule has 0 aliphatic carbocycles. The highest BCUT2D eigenvalue weighted by molar-refractivity contribution is 5.85. The van der Waals surface area contributed by atoms with Gasteiger partial charge in [0.2, 0.25) is 0 Å². The first-order valence-electron chi connectivity index (χ1n) is 6.13. The van der Waals surface area contributed by atoms with Gasteiger partial charge < -0.3 is 14.8 Å². The average Bonchev–Trinajstić information content (AvgIpc) is 2.13. The molecule has 2 atom stereocenters. The number of halogens is 1. The van der Waals surface area contributed by atoms with Gasteiger partial charge in [-0.3, -0.25) is 4.79 Å². The van der Waals surface area contributed by atoms with Gasteiger partial charge in [-0.2, -0.15) is 0 Å². The van der Waals surface area contributed by atoms with Gasteiger partial charge in [0.05, 0.1) is 12.5 Å². The van der Waals surface area contributed by atoms with Gasteiger partial charge in [0, 0.05) is 13.2 Å². The van der Waals surface area contributed by atoms with Crippen molar-refractivity contribution in [3.05, 3.63) is 0 Å². The molecule has 0 unspecified atom stereocenters. The first kappa shape index (κ1) is 20.0. The first-order valence-corrected chi connectivity index (χ1v) is 6.13. The lowest BCUT2D eigenvalue weighted by atomic mass is 9.96. The van der Waals surface area contributed by atoms with Gasteiger partial charge >= 0.3 is 5.97 Å². The van der Waals surface area contributed by atoms with E-state index in [9.17, 15) is 4.79 Å². The van der Waals surface area contributed by atoms with E-state index in [0.717, 1.165) is 0 Å². The number of methoxy groups -OCH3 is 1. The zero-order valence-electron chi connectivity index (χ0n) is 12.6. The van der Waals surface area contributed by atoms with Crippen LogP contribution in [0.2, 0.25) is 0 Å². The van der Waals surface area contributed by atoms with Crippen LogP contribution in [0.4, 0.5) is 0 Å². The van der Waals surface area contributed by atoms with Crippen LogP contribution in [0.1, 0.15) is 41.0 Å². The lowest BCUT2D eigenvalue weighted by Crippen LogP contribution is -2.44. The van der Waals surface area contributed by atoms with Crippen molar-refractivity contribution in [2.24, 2.45) is 5.92 Å². The van der Waals surface area contributed by atoms with E-state index >= 15 is 0 Å². The van der Waals surface area contributed by atoms with Gasteiger partial charge in [0.1, 0.15) is 5.60 Å². The molecule has 0 aromatic rings. The van der Waals surface area contributed by atoms with E-state index in [-0.39, 0.29) is 36.9 Å². The van der Waals surface area contributed by atoms with Crippen molar-refractivity contribution in [2.45, 2.75) is 58.8 Å². The van der Waals surface area contributed by atoms with Crippen LogP contribution in [-0.2, 0) is 14.3 Å². The van der Waals surface area contributed by atoms with Crippen LogP contribution in [0.25, 0.3) is 0 Å². The van der Waals surface area contributed by atoms with Crippen molar-refractivity contribution in [3.8, 4) is 0 Å². The molecule has 4 nitrogen and oxygen atoms in total. The second-order valence-electron chi connectivity index (χ2n) is 5.62. The smallest absolute Gasteiger partial charge is 0.309 e. The number of hydrogen-bond acceptors (Lipinski definition) is 4. The van der Waals surface area contributed by atoms with Crippen molar-refractivity contribution in [2.75, 3.05) is 14.2 Å². The van der Waals surface area contributed by atoms with E-state index in [2.05, 4.69) is 19.2 Å². The number of carbonyl (C=O) groups excluding carboxylic acids is 1. The third-order valence-corrected chi connectivity index (χ3v) is 2.54. The molecule has 0 rings (SSSR count). The lowest BCUT2D eigenvalue weighted by Gasteiger charge is -2.29. The van der Waals surface area contributed by atoms with E-state index < -0.39 is 5.60 Å². The number of rotatable bonds is 6. The number of likely N-dealkylation sites (N-methyl/N-ethyl adjacent to an activating group) is 1. The molecular formula is C13H28ClNO3. The Labute approximate surface area is 117 Å². The highest BCUT2D eigenvalue weighted by atomic mass is 35.5. The molecule has 0 fully saturated rings. The zero-order chi connectivity index (χ0) is 13.6. The summed E-state index contributed by atoms with van der Waals surface area (Å²) in [5, 5.41) is 3.19. The monoisotopic (exact) mass is 281 g/mol. The normalized spacial score (nSPS) is 14.9. The van der Waals surface area contributed by atoms with Crippen LogP contribution in [-0.4, -0.2) is 37.9 Å². The standard InChI is InChI=1S/C13H27NO3.ClH/c1-9(2)12(14-6)10(16-7)8-11(15)17-13(3,4)5;/h9-10,12,14H,8H2,1-7H3;1H/t10-,12+;/m1./s1. The van der Waals surface area contributed by atoms with Crippen molar-refractivity contribution in [3.63, 3.8) is 0 Å². The summed E-state index contributed by atoms with van der Waals surface area (Å²) in [6, 6.07) is 0.146. The maximum atomic E-state index is 11.7. The van der Waals surface area contributed by atoms with Crippen LogP contribution < -0.4 is 5.32 Å². The van der Waals surface area contributed by atoms with Crippen LogP contribution in [0.15, 0.2) is 0 Å². The molecule has 0 bridgehead atoms. The fourth-order valence-corrected chi connectivity index (χ4v) is 1.85. The molecule has 0 amide bonds. The molecule has 0 saturated carbocycles. The molecule has 0 saturated heterocycles. The molecule has 0 aromatic carbocycles. The predicted molar refractivity (Wildman–Crippen MR) is 76.2 cm³/mol. The molecule has 5 heteroatoms. The summed E-state index contributed by atoms with van der Waals surface area (Å²) in [4.78, 5) is 11.7. The Morgan fingerprint density at radius 2 is 1.78 bits per heavy atom. The number of ether oxygens (including phenoxy) is 2. The maximum Gasteiger partial charge on any atom is 0.309 e. The Hall–Kier alpha value is -0.320. The number of hydrogen-bond donors (Lipinski definition) is 1. The highest BCUT2D eigenvalue weighted by Crippen LogP contribution is 2.15. The summed E-state index contributed by atoms with van der Waals surface area (Å²) in [6.45, 7) is 9.80. The van der Waals surface area contributed by atoms with Gasteiger partial charge in [-0.05, 0) is 33.7 Å². The van der Waals surface area contributed by atoms with Crippen molar-refractivity contribution >= 4 is 18.4 Å². The molecule has 18 heavy (non-hydrogen) atoms. The van der Waals surface area contributed by atoms with Crippen molar-refractivity contribution in [1.29, 1.82) is 0 Å². The van der Waals surface area contributed by atoms with Crippen LogP contribution >= 0.6 is 12.4 Å². The SMILES string of the molecule is CN[C@@H](C(C)C)[C@@H](CC(=O)OC(C)(C)C)OC.Cl. The van der Waals surface area contributed by atoms with E-state index in [1.165, 1.54) is 0 Å². The minimum absolute atomic E-state index is 0. The molecule has 0 spiro atoms. The Balaban J connectivity index is 0. The number of nitrogens with one attached hydrogen (secondary N) is 1.